The third-order valence-corrected chi connectivity index (χ3v) is 6.51. The molecule has 8 heteroatoms. The fourth-order valence-corrected chi connectivity index (χ4v) is 4.69. The van der Waals surface area contributed by atoms with Gasteiger partial charge in [0.15, 0.2) is 5.79 Å². The average molecular weight is 432 g/mol. The number of carbonyl (C=O) groups excluding carboxylic acids is 2. The summed E-state index contributed by atoms with van der Waals surface area (Å²) in [7, 11) is 1.62. The summed E-state index contributed by atoms with van der Waals surface area (Å²) in [6.45, 7) is 4.45. The first-order valence-corrected chi connectivity index (χ1v) is 11.3. The molecule has 0 atom stereocenters. The van der Waals surface area contributed by atoms with Gasteiger partial charge in [0.2, 0.25) is 11.8 Å². The van der Waals surface area contributed by atoms with Crippen LogP contribution in [0.3, 0.4) is 0 Å². The number of nitrogens with one attached hydrogen (secondary N) is 1. The Morgan fingerprint density at radius 3 is 2.52 bits per heavy atom. The van der Waals surface area contributed by atoms with Gasteiger partial charge in [-0.25, -0.2) is 0 Å². The van der Waals surface area contributed by atoms with Crippen molar-refractivity contribution in [2.24, 2.45) is 0 Å². The van der Waals surface area contributed by atoms with Crippen LogP contribution < -0.4 is 10.1 Å². The molecular formula is C23H33N3O5. The van der Waals surface area contributed by atoms with Crippen molar-refractivity contribution in [2.45, 2.75) is 43.9 Å². The molecule has 2 heterocycles. The number of hydrogen-bond donors (Lipinski definition) is 1. The van der Waals surface area contributed by atoms with Crippen LogP contribution in [0.2, 0.25) is 0 Å². The van der Waals surface area contributed by atoms with Crippen LogP contribution in [0, 0.1) is 0 Å². The molecule has 0 aromatic heterocycles. The van der Waals surface area contributed by atoms with Crippen molar-refractivity contribution in [2.75, 3.05) is 53.0 Å². The highest BCUT2D eigenvalue weighted by atomic mass is 16.7. The van der Waals surface area contributed by atoms with Crippen molar-refractivity contribution in [3.63, 3.8) is 0 Å². The highest BCUT2D eigenvalue weighted by molar-refractivity contribution is 5.79. The zero-order valence-corrected chi connectivity index (χ0v) is 18.3. The minimum atomic E-state index is -0.394. The molecule has 1 saturated carbocycles. The Balaban J connectivity index is 1.16. The topological polar surface area (TPSA) is 80.3 Å². The summed E-state index contributed by atoms with van der Waals surface area (Å²) in [5.74, 6) is 0.544. The number of hydrogen-bond acceptors (Lipinski definition) is 6. The molecule has 2 amide bonds. The number of methoxy groups -OCH3 is 1. The van der Waals surface area contributed by atoms with E-state index in [-0.39, 0.29) is 17.9 Å². The van der Waals surface area contributed by atoms with Gasteiger partial charge < -0.3 is 24.4 Å². The molecular weight excluding hydrogens is 398 g/mol. The molecule has 170 valence electrons. The van der Waals surface area contributed by atoms with Gasteiger partial charge in [-0.05, 0) is 30.5 Å². The quantitative estimate of drug-likeness (QED) is 0.729. The minimum absolute atomic E-state index is 0.0605. The van der Waals surface area contributed by atoms with Crippen molar-refractivity contribution in [1.82, 2.24) is 15.1 Å². The average Bonchev–Trinajstić information content (AvgIpc) is 3.24. The van der Waals surface area contributed by atoms with E-state index in [9.17, 15) is 9.59 Å². The smallest absolute Gasteiger partial charge is 0.234 e. The molecule has 1 N–H and O–H groups in total. The van der Waals surface area contributed by atoms with Gasteiger partial charge in [-0.1, -0.05) is 12.1 Å². The lowest BCUT2D eigenvalue weighted by Gasteiger charge is -2.37. The number of rotatable bonds is 6. The Bertz CT molecular complexity index is 762. The molecule has 4 rings (SSSR count). The molecule has 1 spiro atoms. The number of piperazine rings is 1. The highest BCUT2D eigenvalue weighted by Crippen LogP contribution is 2.35. The van der Waals surface area contributed by atoms with E-state index in [0.29, 0.717) is 52.4 Å². The summed E-state index contributed by atoms with van der Waals surface area (Å²) in [4.78, 5) is 29.1. The summed E-state index contributed by atoms with van der Waals surface area (Å²) >= 11 is 0. The Hall–Kier alpha value is -2.16. The van der Waals surface area contributed by atoms with Gasteiger partial charge in [0.1, 0.15) is 5.75 Å². The van der Waals surface area contributed by atoms with Gasteiger partial charge >= 0.3 is 0 Å². The Kier molecular flexibility index (Phi) is 7.09. The van der Waals surface area contributed by atoms with Crippen molar-refractivity contribution in [3.05, 3.63) is 29.8 Å². The molecule has 31 heavy (non-hydrogen) atoms. The predicted molar refractivity (Wildman–Crippen MR) is 115 cm³/mol. The van der Waals surface area contributed by atoms with Crippen LogP contribution in [0.15, 0.2) is 24.3 Å². The number of amides is 2. The summed E-state index contributed by atoms with van der Waals surface area (Å²) in [5, 5.41) is 3.17. The standard InChI is InChI=1S/C23H33N3O5/c1-29-20-4-2-3-18(15-20)16-22(28)26-11-9-25(10-12-26)17-21(27)24-19-5-7-23(8-6-19)30-13-14-31-23/h2-4,15,19H,5-14,16-17H2,1H3,(H,24,27). The fraction of sp³-hybridized carbons (Fsp3) is 0.652. The van der Waals surface area contributed by atoms with E-state index in [1.165, 1.54) is 0 Å². The van der Waals surface area contributed by atoms with E-state index in [1.54, 1.807) is 7.11 Å². The van der Waals surface area contributed by atoms with Crippen LogP contribution in [-0.4, -0.2) is 86.5 Å². The Morgan fingerprint density at radius 2 is 1.84 bits per heavy atom. The lowest BCUT2D eigenvalue weighted by Crippen LogP contribution is -2.52. The zero-order chi connectivity index (χ0) is 21.7. The van der Waals surface area contributed by atoms with Crippen LogP contribution in [-0.2, 0) is 25.5 Å². The lowest BCUT2D eigenvalue weighted by molar-refractivity contribution is -0.180. The van der Waals surface area contributed by atoms with Gasteiger partial charge in [0.05, 0.1) is 33.3 Å². The van der Waals surface area contributed by atoms with E-state index in [4.69, 9.17) is 14.2 Å². The SMILES string of the molecule is COc1cccc(CC(=O)N2CCN(CC(=O)NC3CCC4(CC3)OCCO4)CC2)c1. The van der Waals surface area contributed by atoms with Crippen molar-refractivity contribution >= 4 is 11.8 Å². The van der Waals surface area contributed by atoms with Gasteiger partial charge in [-0.2, -0.15) is 0 Å². The molecule has 2 aliphatic heterocycles. The molecule has 0 radical (unpaired) electrons. The third-order valence-electron chi connectivity index (χ3n) is 6.51. The van der Waals surface area contributed by atoms with Gasteiger partial charge in [0, 0.05) is 45.1 Å². The molecule has 2 saturated heterocycles. The second kappa shape index (κ2) is 9.97. The maximum absolute atomic E-state index is 12.6. The molecule has 1 aromatic rings. The van der Waals surface area contributed by atoms with Crippen molar-refractivity contribution < 1.29 is 23.8 Å². The second-order valence-corrected chi connectivity index (χ2v) is 8.63. The van der Waals surface area contributed by atoms with Gasteiger partial charge in [-0.3, -0.25) is 14.5 Å². The highest BCUT2D eigenvalue weighted by Gasteiger charge is 2.40. The third kappa shape index (κ3) is 5.75. The lowest BCUT2D eigenvalue weighted by atomic mass is 9.90. The zero-order valence-electron chi connectivity index (χ0n) is 18.3. The van der Waals surface area contributed by atoms with Gasteiger partial charge in [-0.15, -0.1) is 0 Å². The van der Waals surface area contributed by atoms with Crippen LogP contribution in [0.5, 0.6) is 5.75 Å². The number of carbonyl (C=O) groups is 2. The first-order valence-electron chi connectivity index (χ1n) is 11.3. The van der Waals surface area contributed by atoms with Crippen LogP contribution >= 0.6 is 0 Å². The van der Waals surface area contributed by atoms with Gasteiger partial charge in [0.25, 0.3) is 0 Å². The van der Waals surface area contributed by atoms with E-state index in [0.717, 1.165) is 37.0 Å². The number of nitrogens with zero attached hydrogens (tertiary/aromatic N) is 2. The first-order chi connectivity index (χ1) is 15.0. The molecule has 0 unspecified atom stereocenters. The largest absolute Gasteiger partial charge is 0.497 e. The molecule has 0 bridgehead atoms. The summed E-state index contributed by atoms with van der Waals surface area (Å²) < 4.78 is 16.7. The normalized spacial score (nSPS) is 21.9. The van der Waals surface area contributed by atoms with E-state index < -0.39 is 5.79 Å². The summed E-state index contributed by atoms with van der Waals surface area (Å²) in [6.07, 6.45) is 3.82. The molecule has 3 fully saturated rings. The summed E-state index contributed by atoms with van der Waals surface area (Å²) in [5.41, 5.74) is 0.953. The van der Waals surface area contributed by atoms with E-state index in [2.05, 4.69) is 10.2 Å². The number of benzene rings is 1. The maximum Gasteiger partial charge on any atom is 0.234 e. The minimum Gasteiger partial charge on any atom is -0.497 e. The maximum atomic E-state index is 12.6. The summed E-state index contributed by atoms with van der Waals surface area (Å²) in [6, 6.07) is 7.81. The molecule has 1 aliphatic carbocycles. The van der Waals surface area contributed by atoms with E-state index >= 15 is 0 Å². The van der Waals surface area contributed by atoms with Crippen molar-refractivity contribution in [1.29, 1.82) is 0 Å². The van der Waals surface area contributed by atoms with Crippen LogP contribution in [0.4, 0.5) is 0 Å². The molecule has 1 aromatic carbocycles. The Morgan fingerprint density at radius 1 is 1.13 bits per heavy atom. The monoisotopic (exact) mass is 431 g/mol. The second-order valence-electron chi connectivity index (χ2n) is 8.63. The predicted octanol–water partition coefficient (Wildman–Crippen LogP) is 1.18. The van der Waals surface area contributed by atoms with Crippen molar-refractivity contribution in [3.8, 4) is 5.75 Å². The van der Waals surface area contributed by atoms with Crippen LogP contribution in [0.1, 0.15) is 31.2 Å². The van der Waals surface area contributed by atoms with E-state index in [1.807, 2.05) is 29.2 Å². The van der Waals surface area contributed by atoms with Crippen LogP contribution in [0.25, 0.3) is 0 Å². The molecule has 3 aliphatic rings. The Labute approximate surface area is 183 Å². The fourth-order valence-electron chi connectivity index (χ4n) is 4.69. The number of ether oxygens (including phenoxy) is 3. The molecule has 8 nitrogen and oxygen atoms in total. The first kappa shape index (κ1) is 22.0.